The average molecular weight is 348 g/mol. The molecule has 1 amide bonds. The number of amides is 1. The van der Waals surface area contributed by atoms with Gasteiger partial charge in [-0.1, -0.05) is 30.3 Å². The number of hydrogen-bond donors (Lipinski definition) is 0. The summed E-state index contributed by atoms with van der Waals surface area (Å²) in [6.07, 6.45) is 2.40. The molecule has 0 aromatic heterocycles. The molecule has 0 bridgehead atoms. The maximum Gasteiger partial charge on any atom is 0.258 e. The second-order valence-corrected chi connectivity index (χ2v) is 7.78. The number of carbonyl (C=O) groups is 1. The zero-order valence-electron chi connectivity index (χ0n) is 15.0. The van der Waals surface area contributed by atoms with Crippen LogP contribution in [0, 0.1) is 0 Å². The van der Waals surface area contributed by atoms with Crippen LogP contribution in [0.1, 0.15) is 34.3 Å². The van der Waals surface area contributed by atoms with Crippen molar-refractivity contribution in [2.75, 3.05) is 37.7 Å². The summed E-state index contributed by atoms with van der Waals surface area (Å²) in [5.41, 5.74) is 4.69. The molecule has 4 nitrogen and oxygen atoms in total. The van der Waals surface area contributed by atoms with Gasteiger partial charge in [0.25, 0.3) is 5.91 Å². The molecule has 2 fully saturated rings. The molecular formula is C22H24N2O2. The third-order valence-corrected chi connectivity index (χ3v) is 6.01. The van der Waals surface area contributed by atoms with Crippen molar-refractivity contribution in [1.29, 1.82) is 0 Å². The standard InChI is InChI=1S/C22H24N2O2/c25-21(24-16-22(8-9-22)19-6-1-2-7-20(19)24)18-5-3-4-17(14-18)15-23-10-12-26-13-11-23/h1-7,14H,8-13,15-16H2. The first-order chi connectivity index (χ1) is 12.8. The lowest BCUT2D eigenvalue weighted by Gasteiger charge is -2.26. The van der Waals surface area contributed by atoms with Gasteiger partial charge in [-0.3, -0.25) is 9.69 Å². The first-order valence-corrected chi connectivity index (χ1v) is 9.56. The Labute approximate surface area is 154 Å². The Balaban J connectivity index is 1.38. The van der Waals surface area contributed by atoms with Crippen molar-refractivity contribution in [1.82, 2.24) is 4.90 Å². The van der Waals surface area contributed by atoms with E-state index in [4.69, 9.17) is 4.74 Å². The molecule has 0 atom stereocenters. The van der Waals surface area contributed by atoms with Crippen LogP contribution in [0.4, 0.5) is 5.69 Å². The van der Waals surface area contributed by atoms with Gasteiger partial charge in [0.2, 0.25) is 0 Å². The number of hydrogen-bond acceptors (Lipinski definition) is 3. The van der Waals surface area contributed by atoms with E-state index in [1.165, 1.54) is 24.0 Å². The first kappa shape index (κ1) is 16.0. The number of nitrogens with zero attached hydrogens (tertiary/aromatic N) is 2. The summed E-state index contributed by atoms with van der Waals surface area (Å²) < 4.78 is 5.42. The van der Waals surface area contributed by atoms with Gasteiger partial charge in [-0.15, -0.1) is 0 Å². The Hall–Kier alpha value is -2.17. The van der Waals surface area contributed by atoms with Gasteiger partial charge in [0, 0.05) is 42.8 Å². The van der Waals surface area contributed by atoms with Crippen LogP contribution < -0.4 is 4.90 Å². The van der Waals surface area contributed by atoms with Gasteiger partial charge < -0.3 is 9.64 Å². The van der Waals surface area contributed by atoms with E-state index in [-0.39, 0.29) is 11.3 Å². The molecule has 2 heterocycles. The predicted octanol–water partition coefficient (Wildman–Crippen LogP) is 3.21. The fourth-order valence-electron chi connectivity index (χ4n) is 4.37. The monoisotopic (exact) mass is 348 g/mol. The van der Waals surface area contributed by atoms with Crippen molar-refractivity contribution in [2.45, 2.75) is 24.8 Å². The van der Waals surface area contributed by atoms with Crippen LogP contribution in [-0.4, -0.2) is 43.7 Å². The highest BCUT2D eigenvalue weighted by Crippen LogP contribution is 2.56. The summed E-state index contributed by atoms with van der Waals surface area (Å²) in [6, 6.07) is 16.6. The van der Waals surface area contributed by atoms with Crippen molar-refractivity contribution in [3.05, 3.63) is 65.2 Å². The molecule has 1 spiro atoms. The fraction of sp³-hybridized carbons (Fsp3) is 0.409. The zero-order chi connectivity index (χ0) is 17.6. The minimum absolute atomic E-state index is 0.130. The van der Waals surface area contributed by atoms with Gasteiger partial charge in [-0.25, -0.2) is 0 Å². The molecular weight excluding hydrogens is 324 g/mol. The second kappa shape index (κ2) is 6.22. The predicted molar refractivity (Wildman–Crippen MR) is 102 cm³/mol. The van der Waals surface area contributed by atoms with Gasteiger partial charge in [0.05, 0.1) is 13.2 Å². The Morgan fingerprint density at radius 1 is 1.04 bits per heavy atom. The summed E-state index contributed by atoms with van der Waals surface area (Å²) >= 11 is 0. The summed E-state index contributed by atoms with van der Waals surface area (Å²) in [7, 11) is 0. The second-order valence-electron chi connectivity index (χ2n) is 7.78. The minimum atomic E-state index is 0.130. The van der Waals surface area contributed by atoms with Crippen LogP contribution in [0.5, 0.6) is 0 Å². The topological polar surface area (TPSA) is 32.8 Å². The maximum absolute atomic E-state index is 13.3. The van der Waals surface area contributed by atoms with E-state index in [2.05, 4.69) is 35.2 Å². The lowest BCUT2D eigenvalue weighted by Crippen LogP contribution is -2.35. The van der Waals surface area contributed by atoms with Crippen molar-refractivity contribution >= 4 is 11.6 Å². The van der Waals surface area contributed by atoms with E-state index in [1.54, 1.807) is 0 Å². The van der Waals surface area contributed by atoms with Gasteiger partial charge in [-0.2, -0.15) is 0 Å². The molecule has 4 heteroatoms. The Bertz CT molecular complexity index is 838. The van der Waals surface area contributed by atoms with Crippen molar-refractivity contribution < 1.29 is 9.53 Å². The van der Waals surface area contributed by atoms with Gasteiger partial charge in [0.15, 0.2) is 0 Å². The van der Waals surface area contributed by atoms with Crippen molar-refractivity contribution in [3.63, 3.8) is 0 Å². The van der Waals surface area contributed by atoms with E-state index in [0.717, 1.165) is 50.6 Å². The molecule has 5 rings (SSSR count). The molecule has 3 aliphatic rings. The van der Waals surface area contributed by atoms with Gasteiger partial charge in [0.1, 0.15) is 0 Å². The number of para-hydroxylation sites is 1. The Kier molecular flexibility index (Phi) is 3.84. The number of carbonyl (C=O) groups excluding carboxylic acids is 1. The van der Waals surface area contributed by atoms with Crippen molar-refractivity contribution in [2.24, 2.45) is 0 Å². The number of fused-ring (bicyclic) bond motifs is 2. The summed E-state index contributed by atoms with van der Waals surface area (Å²) in [5, 5.41) is 0. The van der Waals surface area contributed by atoms with E-state index in [1.807, 2.05) is 23.1 Å². The molecule has 0 N–H and O–H groups in total. The largest absolute Gasteiger partial charge is 0.379 e. The van der Waals surface area contributed by atoms with E-state index in [9.17, 15) is 4.79 Å². The number of rotatable bonds is 3. The highest BCUT2D eigenvalue weighted by molar-refractivity contribution is 6.08. The Morgan fingerprint density at radius 2 is 1.85 bits per heavy atom. The maximum atomic E-state index is 13.3. The molecule has 1 saturated heterocycles. The number of ether oxygens (including phenoxy) is 1. The number of anilines is 1. The van der Waals surface area contributed by atoms with Crippen molar-refractivity contribution in [3.8, 4) is 0 Å². The summed E-state index contributed by atoms with van der Waals surface area (Å²) in [4.78, 5) is 17.6. The molecule has 134 valence electrons. The molecule has 2 aromatic carbocycles. The lowest BCUT2D eigenvalue weighted by atomic mass is 9.99. The highest BCUT2D eigenvalue weighted by Gasteiger charge is 2.52. The third-order valence-electron chi connectivity index (χ3n) is 6.01. The van der Waals surface area contributed by atoms with Crippen LogP contribution in [0.25, 0.3) is 0 Å². The number of morpholine rings is 1. The van der Waals surface area contributed by atoms with Crippen LogP contribution >= 0.6 is 0 Å². The van der Waals surface area contributed by atoms with E-state index < -0.39 is 0 Å². The van der Waals surface area contributed by atoms with Crippen LogP contribution in [0.15, 0.2) is 48.5 Å². The van der Waals surface area contributed by atoms with E-state index >= 15 is 0 Å². The average Bonchev–Trinajstić information content (AvgIpc) is 3.39. The SMILES string of the molecule is O=C(c1cccc(CN2CCOCC2)c1)N1CC2(CC2)c2ccccc21. The molecule has 26 heavy (non-hydrogen) atoms. The van der Waals surface area contributed by atoms with E-state index in [0.29, 0.717) is 0 Å². The first-order valence-electron chi connectivity index (χ1n) is 9.56. The summed E-state index contributed by atoms with van der Waals surface area (Å²) in [5.74, 6) is 0.130. The van der Waals surface area contributed by atoms with Crippen LogP contribution in [0.3, 0.4) is 0 Å². The molecule has 1 saturated carbocycles. The molecule has 2 aliphatic heterocycles. The Morgan fingerprint density at radius 3 is 2.65 bits per heavy atom. The zero-order valence-corrected chi connectivity index (χ0v) is 15.0. The molecule has 0 unspecified atom stereocenters. The molecule has 2 aromatic rings. The number of benzene rings is 2. The molecule has 0 radical (unpaired) electrons. The minimum Gasteiger partial charge on any atom is -0.379 e. The summed E-state index contributed by atoms with van der Waals surface area (Å²) in [6.45, 7) is 5.22. The quantitative estimate of drug-likeness (QED) is 0.854. The normalized spacial score (nSPS) is 21.0. The third kappa shape index (κ3) is 2.74. The van der Waals surface area contributed by atoms with Crippen LogP contribution in [-0.2, 0) is 16.7 Å². The molecule has 1 aliphatic carbocycles. The van der Waals surface area contributed by atoms with Gasteiger partial charge >= 0.3 is 0 Å². The highest BCUT2D eigenvalue weighted by atomic mass is 16.5. The van der Waals surface area contributed by atoms with Gasteiger partial charge in [-0.05, 0) is 42.2 Å². The smallest absolute Gasteiger partial charge is 0.258 e. The lowest BCUT2D eigenvalue weighted by molar-refractivity contribution is 0.0342. The fourth-order valence-corrected chi connectivity index (χ4v) is 4.37. The van der Waals surface area contributed by atoms with Crippen LogP contribution in [0.2, 0.25) is 0 Å².